The van der Waals surface area contributed by atoms with Crippen LogP contribution >= 0.6 is 0 Å². The van der Waals surface area contributed by atoms with E-state index in [1.807, 2.05) is 0 Å². The predicted molar refractivity (Wildman–Crippen MR) is 60.2 cm³/mol. The minimum absolute atomic E-state index is 0.0457. The Morgan fingerprint density at radius 3 is 3.00 bits per heavy atom. The number of hydrogen-bond acceptors (Lipinski definition) is 5. The second-order valence-corrected chi connectivity index (χ2v) is 3.80. The van der Waals surface area contributed by atoms with Crippen molar-refractivity contribution >= 4 is 5.91 Å². The van der Waals surface area contributed by atoms with Gasteiger partial charge in [-0.3, -0.25) is 9.48 Å². The number of aliphatic hydroxyl groups is 1. The highest BCUT2D eigenvalue weighted by molar-refractivity contribution is 5.75. The maximum Gasteiger partial charge on any atom is 0.224 e. The summed E-state index contributed by atoms with van der Waals surface area (Å²) in [5, 5.41) is 16.9. The van der Waals surface area contributed by atoms with Gasteiger partial charge < -0.3 is 14.7 Å². The zero-order valence-corrected chi connectivity index (χ0v) is 10.1. The van der Waals surface area contributed by atoms with E-state index in [1.54, 1.807) is 24.1 Å². The largest absolute Gasteiger partial charge is 0.389 e. The number of carbonyl (C=O) groups excluding carboxylic acids is 1. The van der Waals surface area contributed by atoms with E-state index in [9.17, 15) is 9.90 Å². The van der Waals surface area contributed by atoms with E-state index in [0.29, 0.717) is 13.0 Å². The van der Waals surface area contributed by atoms with Crippen molar-refractivity contribution in [3.8, 4) is 0 Å². The molecule has 0 aromatic carbocycles. The molecule has 1 heterocycles. The maximum absolute atomic E-state index is 11.7. The van der Waals surface area contributed by atoms with Gasteiger partial charge in [0.2, 0.25) is 5.91 Å². The third-order valence-electron chi connectivity index (χ3n) is 2.30. The molecule has 0 saturated heterocycles. The topological polar surface area (TPSA) is 80.5 Å². The zero-order chi connectivity index (χ0) is 12.7. The summed E-state index contributed by atoms with van der Waals surface area (Å²) in [6, 6.07) is 0. The molecule has 7 heteroatoms. The van der Waals surface area contributed by atoms with Gasteiger partial charge in [0.15, 0.2) is 0 Å². The molecule has 0 spiro atoms. The van der Waals surface area contributed by atoms with Gasteiger partial charge in [-0.2, -0.15) is 0 Å². The fourth-order valence-electron chi connectivity index (χ4n) is 1.42. The highest BCUT2D eigenvalue weighted by atomic mass is 16.5. The number of aryl methyl sites for hydroxylation is 1. The lowest BCUT2D eigenvalue weighted by Crippen LogP contribution is -2.36. The van der Waals surface area contributed by atoms with E-state index >= 15 is 0 Å². The Kier molecular flexibility index (Phi) is 5.58. The first-order chi connectivity index (χ1) is 8.13. The molecule has 1 atom stereocenters. The molecular formula is C10H18N4O3. The molecule has 1 aromatic heterocycles. The number of amides is 1. The Morgan fingerprint density at radius 2 is 2.41 bits per heavy atom. The summed E-state index contributed by atoms with van der Waals surface area (Å²) in [7, 11) is 3.16. The molecule has 0 aliphatic carbocycles. The number of methoxy groups -OCH3 is 1. The van der Waals surface area contributed by atoms with Crippen molar-refractivity contribution in [2.24, 2.45) is 0 Å². The molecule has 0 radical (unpaired) electrons. The fraction of sp³-hybridized carbons (Fsp3) is 0.700. The summed E-state index contributed by atoms with van der Waals surface area (Å²) in [4.78, 5) is 13.2. The molecule has 0 saturated carbocycles. The van der Waals surface area contributed by atoms with Gasteiger partial charge in [0, 0.05) is 33.3 Å². The quantitative estimate of drug-likeness (QED) is 0.672. The van der Waals surface area contributed by atoms with Crippen LogP contribution in [0.3, 0.4) is 0 Å². The molecule has 1 aromatic rings. The van der Waals surface area contributed by atoms with Crippen LogP contribution in [0.15, 0.2) is 12.4 Å². The highest BCUT2D eigenvalue weighted by Crippen LogP contribution is 1.96. The Labute approximate surface area is 100.0 Å². The third-order valence-corrected chi connectivity index (χ3v) is 2.30. The Morgan fingerprint density at radius 1 is 1.65 bits per heavy atom. The van der Waals surface area contributed by atoms with Crippen molar-refractivity contribution in [2.75, 3.05) is 27.3 Å². The minimum atomic E-state index is -0.652. The molecule has 96 valence electrons. The molecule has 1 rings (SSSR count). The van der Waals surface area contributed by atoms with Crippen molar-refractivity contribution in [1.29, 1.82) is 0 Å². The SMILES string of the molecule is COCC(O)CN(C)C(=O)CCn1ccnn1. The Balaban J connectivity index is 2.27. The van der Waals surface area contributed by atoms with E-state index in [-0.39, 0.29) is 19.1 Å². The molecule has 0 aliphatic heterocycles. The number of aliphatic hydroxyl groups excluding tert-OH is 1. The van der Waals surface area contributed by atoms with E-state index < -0.39 is 6.10 Å². The predicted octanol–water partition coefficient (Wildman–Crippen LogP) is -0.866. The zero-order valence-electron chi connectivity index (χ0n) is 10.1. The molecule has 0 fully saturated rings. The second-order valence-electron chi connectivity index (χ2n) is 3.80. The summed E-state index contributed by atoms with van der Waals surface area (Å²) in [6.45, 7) is 0.980. The monoisotopic (exact) mass is 242 g/mol. The summed E-state index contributed by atoms with van der Waals surface area (Å²) < 4.78 is 6.39. The normalized spacial score (nSPS) is 12.4. The van der Waals surface area contributed by atoms with Gasteiger partial charge in [-0.25, -0.2) is 0 Å². The molecule has 0 bridgehead atoms. The van der Waals surface area contributed by atoms with Crippen LogP contribution in [0.25, 0.3) is 0 Å². The van der Waals surface area contributed by atoms with Gasteiger partial charge in [-0.15, -0.1) is 5.10 Å². The van der Waals surface area contributed by atoms with Crippen molar-refractivity contribution in [3.63, 3.8) is 0 Å². The molecule has 1 unspecified atom stereocenters. The number of rotatable bonds is 7. The van der Waals surface area contributed by atoms with Gasteiger partial charge in [0.1, 0.15) is 0 Å². The average Bonchev–Trinajstić information content (AvgIpc) is 2.78. The van der Waals surface area contributed by atoms with Crippen LogP contribution in [-0.2, 0) is 16.1 Å². The van der Waals surface area contributed by atoms with Crippen molar-refractivity contribution < 1.29 is 14.6 Å². The van der Waals surface area contributed by atoms with Gasteiger partial charge in [-0.1, -0.05) is 5.21 Å². The van der Waals surface area contributed by atoms with E-state index in [2.05, 4.69) is 10.3 Å². The molecule has 17 heavy (non-hydrogen) atoms. The van der Waals surface area contributed by atoms with Crippen LogP contribution in [0.4, 0.5) is 0 Å². The smallest absolute Gasteiger partial charge is 0.224 e. The van der Waals surface area contributed by atoms with Crippen molar-refractivity contribution in [2.45, 2.75) is 19.1 Å². The first-order valence-corrected chi connectivity index (χ1v) is 5.38. The van der Waals surface area contributed by atoms with Crippen LogP contribution in [-0.4, -0.2) is 64.3 Å². The summed E-state index contributed by atoms with van der Waals surface area (Å²) in [5.41, 5.74) is 0. The van der Waals surface area contributed by atoms with E-state index in [1.165, 1.54) is 12.0 Å². The number of nitrogens with zero attached hydrogens (tertiary/aromatic N) is 4. The van der Waals surface area contributed by atoms with Gasteiger partial charge in [0.25, 0.3) is 0 Å². The maximum atomic E-state index is 11.7. The Hall–Kier alpha value is -1.47. The third kappa shape index (κ3) is 4.92. The Bertz CT molecular complexity index is 328. The number of hydrogen-bond donors (Lipinski definition) is 1. The number of carbonyl (C=O) groups is 1. The second kappa shape index (κ2) is 6.97. The number of likely N-dealkylation sites (N-methyl/N-ethyl adjacent to an activating group) is 1. The summed E-state index contributed by atoms with van der Waals surface area (Å²) in [6.07, 6.45) is 2.95. The van der Waals surface area contributed by atoms with Crippen LogP contribution in [0.2, 0.25) is 0 Å². The van der Waals surface area contributed by atoms with Gasteiger partial charge >= 0.3 is 0 Å². The highest BCUT2D eigenvalue weighted by Gasteiger charge is 2.13. The minimum Gasteiger partial charge on any atom is -0.389 e. The fourth-order valence-corrected chi connectivity index (χ4v) is 1.42. The van der Waals surface area contributed by atoms with Crippen LogP contribution in [0.5, 0.6) is 0 Å². The summed E-state index contributed by atoms with van der Waals surface area (Å²) >= 11 is 0. The molecule has 7 nitrogen and oxygen atoms in total. The molecule has 1 amide bonds. The first kappa shape index (κ1) is 13.6. The van der Waals surface area contributed by atoms with Crippen LogP contribution in [0, 0.1) is 0 Å². The lowest BCUT2D eigenvalue weighted by molar-refractivity contribution is -0.131. The lowest BCUT2D eigenvalue weighted by atomic mass is 10.3. The van der Waals surface area contributed by atoms with Crippen LogP contribution < -0.4 is 0 Å². The molecular weight excluding hydrogens is 224 g/mol. The molecule has 1 N–H and O–H groups in total. The standard InChI is InChI=1S/C10H18N4O3/c1-13(7-9(15)8-17-2)10(16)3-5-14-6-4-11-12-14/h4,6,9,15H,3,5,7-8H2,1-2H3. The van der Waals surface area contributed by atoms with Gasteiger partial charge in [0.05, 0.1) is 25.5 Å². The number of ether oxygens (including phenoxy) is 1. The lowest BCUT2D eigenvalue weighted by Gasteiger charge is -2.20. The van der Waals surface area contributed by atoms with Gasteiger partial charge in [-0.05, 0) is 0 Å². The van der Waals surface area contributed by atoms with Crippen molar-refractivity contribution in [1.82, 2.24) is 19.9 Å². The number of aromatic nitrogens is 3. The van der Waals surface area contributed by atoms with E-state index in [0.717, 1.165) is 0 Å². The average molecular weight is 242 g/mol. The summed E-state index contributed by atoms with van der Waals surface area (Å²) in [5.74, 6) is -0.0457. The van der Waals surface area contributed by atoms with Crippen molar-refractivity contribution in [3.05, 3.63) is 12.4 Å². The first-order valence-electron chi connectivity index (χ1n) is 5.38. The molecule has 0 aliphatic rings. The van der Waals surface area contributed by atoms with Crippen LogP contribution in [0.1, 0.15) is 6.42 Å². The van der Waals surface area contributed by atoms with E-state index in [4.69, 9.17) is 4.74 Å².